The van der Waals surface area contributed by atoms with Crippen LogP contribution in [0.2, 0.25) is 0 Å². The largest absolute Gasteiger partial charge is 0.349 e. The molecule has 2 aromatic carbocycles. The van der Waals surface area contributed by atoms with E-state index in [9.17, 15) is 10.1 Å². The van der Waals surface area contributed by atoms with Crippen LogP contribution >= 0.6 is 0 Å². The van der Waals surface area contributed by atoms with Crippen LogP contribution in [0.15, 0.2) is 54.7 Å². The van der Waals surface area contributed by atoms with E-state index in [0.29, 0.717) is 0 Å². The van der Waals surface area contributed by atoms with Crippen LogP contribution in [0.25, 0.3) is 10.9 Å². The lowest BCUT2D eigenvalue weighted by Crippen LogP contribution is -2.38. The van der Waals surface area contributed by atoms with Crippen LogP contribution in [-0.4, -0.2) is 41.5 Å². The Hall–Kier alpha value is -3.23. The maximum absolute atomic E-state index is 12.9. The van der Waals surface area contributed by atoms with Crippen molar-refractivity contribution in [3.05, 3.63) is 77.0 Å². The highest BCUT2D eigenvalue weighted by molar-refractivity contribution is 6.06. The predicted octanol–water partition coefficient (Wildman–Crippen LogP) is 4.89. The van der Waals surface area contributed by atoms with Crippen molar-refractivity contribution in [2.45, 2.75) is 51.0 Å². The predicted molar refractivity (Wildman–Crippen MR) is 135 cm³/mol. The summed E-state index contributed by atoms with van der Waals surface area (Å²) in [7, 11) is 0. The summed E-state index contributed by atoms with van der Waals surface area (Å²) in [6.07, 6.45) is 9.54. The number of hydrogen-bond acceptors (Lipinski definition) is 4. The normalized spacial score (nSPS) is 20.8. The van der Waals surface area contributed by atoms with Crippen LogP contribution in [0.5, 0.6) is 0 Å². The smallest absolute Gasteiger partial charge is 0.252 e. The number of nitrogens with one attached hydrogen (secondary N) is 1. The molecule has 34 heavy (non-hydrogen) atoms. The zero-order chi connectivity index (χ0) is 23.3. The third-order valence-electron chi connectivity index (χ3n) is 7.66. The second-order valence-electron chi connectivity index (χ2n) is 9.79. The molecule has 174 valence electrons. The lowest BCUT2D eigenvalue weighted by molar-refractivity contribution is 0.0921. The Morgan fingerprint density at radius 1 is 1.03 bits per heavy atom. The van der Waals surface area contributed by atoms with Gasteiger partial charge in [0.25, 0.3) is 5.91 Å². The number of hydrogen-bond donors (Lipinski definition) is 1. The number of para-hydroxylation sites is 1. The van der Waals surface area contributed by atoms with Crippen molar-refractivity contribution in [1.29, 1.82) is 5.26 Å². The molecule has 2 aliphatic rings. The van der Waals surface area contributed by atoms with Crippen LogP contribution in [0.1, 0.15) is 59.2 Å². The van der Waals surface area contributed by atoms with Crippen molar-refractivity contribution in [3.63, 3.8) is 0 Å². The first-order valence-electron chi connectivity index (χ1n) is 12.6. The highest BCUT2D eigenvalue weighted by atomic mass is 16.1. The zero-order valence-electron chi connectivity index (χ0n) is 19.7. The molecule has 1 N–H and O–H groups in total. The topological polar surface area (TPSA) is 69.0 Å². The van der Waals surface area contributed by atoms with Gasteiger partial charge >= 0.3 is 0 Å². The fourth-order valence-corrected chi connectivity index (χ4v) is 5.58. The minimum Gasteiger partial charge on any atom is -0.349 e. The fourth-order valence-electron chi connectivity index (χ4n) is 5.58. The first-order valence-corrected chi connectivity index (χ1v) is 12.6. The van der Waals surface area contributed by atoms with Gasteiger partial charge in [-0.1, -0.05) is 24.3 Å². The van der Waals surface area contributed by atoms with Crippen molar-refractivity contribution in [3.8, 4) is 6.07 Å². The maximum atomic E-state index is 12.9. The van der Waals surface area contributed by atoms with Crippen LogP contribution in [0, 0.1) is 17.2 Å². The standard InChI is InChI=1S/C29H32N4O/c30-20-22-5-8-23-13-17-33(18-14-24(23)19-22)16-12-21-6-9-25(10-7-21)32-29(34)27-11-15-31-28-4-2-1-3-26(27)28/h1-5,8,11,15,19,21,25H,6-7,9-10,12-14,16-18H2,(H,32,34). The van der Waals surface area contributed by atoms with Gasteiger partial charge in [-0.25, -0.2) is 0 Å². The van der Waals surface area contributed by atoms with Crippen molar-refractivity contribution < 1.29 is 4.79 Å². The Balaban J connectivity index is 1.08. The Labute approximate surface area is 201 Å². The molecule has 1 fully saturated rings. The van der Waals surface area contributed by atoms with Crippen molar-refractivity contribution in [1.82, 2.24) is 15.2 Å². The average Bonchev–Trinajstić information content (AvgIpc) is 3.09. The zero-order valence-corrected chi connectivity index (χ0v) is 19.7. The molecule has 1 aromatic heterocycles. The number of pyridine rings is 1. The summed E-state index contributed by atoms with van der Waals surface area (Å²) in [5, 5.41) is 13.4. The minimum absolute atomic E-state index is 0.0192. The Morgan fingerprint density at radius 3 is 2.65 bits per heavy atom. The second kappa shape index (κ2) is 10.4. The van der Waals surface area contributed by atoms with Crippen LogP contribution in [0.3, 0.4) is 0 Å². The summed E-state index contributed by atoms with van der Waals surface area (Å²) in [6, 6.07) is 18.3. The Bertz CT molecular complexity index is 1200. The summed E-state index contributed by atoms with van der Waals surface area (Å²) in [5.41, 5.74) is 5.10. The van der Waals surface area contributed by atoms with E-state index in [1.54, 1.807) is 6.20 Å². The average molecular weight is 453 g/mol. The summed E-state index contributed by atoms with van der Waals surface area (Å²) in [4.78, 5) is 19.9. The van der Waals surface area contributed by atoms with Gasteiger partial charge in [0.05, 0.1) is 22.7 Å². The van der Waals surface area contributed by atoms with Crippen molar-refractivity contribution >= 4 is 16.8 Å². The van der Waals surface area contributed by atoms with Gasteiger partial charge in [0, 0.05) is 30.7 Å². The van der Waals surface area contributed by atoms with E-state index in [1.165, 1.54) is 30.4 Å². The number of amides is 1. The van der Waals surface area contributed by atoms with Crippen molar-refractivity contribution in [2.75, 3.05) is 19.6 Å². The minimum atomic E-state index is 0.0192. The number of benzene rings is 2. The third-order valence-corrected chi connectivity index (χ3v) is 7.66. The molecule has 2 heterocycles. The SMILES string of the molecule is N#Cc1ccc2c(c1)CCN(CCC1CCC(NC(=O)c3ccnc4ccccc34)CC1)CC2. The monoisotopic (exact) mass is 452 g/mol. The molecular formula is C29H32N4O. The number of nitrogens with zero attached hydrogens (tertiary/aromatic N) is 3. The molecule has 0 bridgehead atoms. The maximum Gasteiger partial charge on any atom is 0.252 e. The van der Waals surface area contributed by atoms with E-state index in [4.69, 9.17) is 0 Å². The number of aromatic nitrogens is 1. The second-order valence-corrected chi connectivity index (χ2v) is 9.79. The molecular weight excluding hydrogens is 420 g/mol. The number of nitriles is 1. The van der Waals surface area contributed by atoms with Gasteiger partial charge in [-0.3, -0.25) is 9.78 Å². The quantitative estimate of drug-likeness (QED) is 0.599. The third kappa shape index (κ3) is 5.13. The molecule has 0 saturated heterocycles. The van der Waals surface area contributed by atoms with Crippen molar-refractivity contribution in [2.24, 2.45) is 5.92 Å². The van der Waals surface area contributed by atoms with E-state index in [-0.39, 0.29) is 11.9 Å². The number of fused-ring (bicyclic) bond motifs is 2. The lowest BCUT2D eigenvalue weighted by Gasteiger charge is -2.31. The number of carbonyl (C=O) groups excluding carboxylic acids is 1. The number of rotatable bonds is 5. The van der Waals surface area contributed by atoms with Gasteiger partial charge in [0.2, 0.25) is 0 Å². The van der Waals surface area contributed by atoms with Gasteiger partial charge in [-0.15, -0.1) is 0 Å². The molecule has 5 nitrogen and oxygen atoms in total. The van der Waals surface area contributed by atoms with E-state index >= 15 is 0 Å². The van der Waals surface area contributed by atoms with E-state index < -0.39 is 0 Å². The van der Waals surface area contributed by atoms with E-state index in [1.807, 2.05) is 36.4 Å². The fraction of sp³-hybridized carbons (Fsp3) is 0.414. The molecule has 5 rings (SSSR count). The first-order chi connectivity index (χ1) is 16.7. The van der Waals surface area contributed by atoms with Crippen LogP contribution in [0.4, 0.5) is 0 Å². The van der Waals surface area contributed by atoms with E-state index in [0.717, 1.165) is 73.3 Å². The summed E-state index contributed by atoms with van der Waals surface area (Å²) < 4.78 is 0. The van der Waals surface area contributed by atoms with E-state index in [2.05, 4.69) is 33.4 Å². The summed E-state index contributed by atoms with van der Waals surface area (Å²) in [5.74, 6) is 0.761. The molecule has 1 aliphatic heterocycles. The van der Waals surface area contributed by atoms with Crippen LogP contribution < -0.4 is 5.32 Å². The number of carbonyl (C=O) groups is 1. The Morgan fingerprint density at radius 2 is 1.82 bits per heavy atom. The molecule has 0 atom stereocenters. The molecule has 1 amide bonds. The Kier molecular flexibility index (Phi) is 6.87. The molecule has 3 aromatic rings. The molecule has 0 spiro atoms. The van der Waals surface area contributed by atoms with Gasteiger partial charge in [-0.05, 0) is 92.8 Å². The highest BCUT2D eigenvalue weighted by Gasteiger charge is 2.24. The first kappa shape index (κ1) is 22.6. The lowest BCUT2D eigenvalue weighted by atomic mass is 9.84. The molecule has 0 radical (unpaired) electrons. The van der Waals surface area contributed by atoms with Gasteiger partial charge in [0.15, 0.2) is 0 Å². The molecule has 0 unspecified atom stereocenters. The van der Waals surface area contributed by atoms with Crippen LogP contribution in [-0.2, 0) is 12.8 Å². The summed E-state index contributed by atoms with van der Waals surface area (Å²) >= 11 is 0. The van der Waals surface area contributed by atoms with Gasteiger partial charge in [-0.2, -0.15) is 5.26 Å². The highest BCUT2D eigenvalue weighted by Crippen LogP contribution is 2.28. The molecule has 5 heteroatoms. The van der Waals surface area contributed by atoms with Gasteiger partial charge in [0.1, 0.15) is 0 Å². The molecule has 1 aliphatic carbocycles. The van der Waals surface area contributed by atoms with Gasteiger partial charge < -0.3 is 10.2 Å². The molecule has 1 saturated carbocycles. The summed E-state index contributed by atoms with van der Waals surface area (Å²) in [6.45, 7) is 3.32.